The maximum Gasteiger partial charge on any atom is 0.407 e. The van der Waals surface area contributed by atoms with E-state index in [1.807, 2.05) is 48.5 Å². The highest BCUT2D eigenvalue weighted by atomic mass is 19.4. The summed E-state index contributed by atoms with van der Waals surface area (Å²) in [6, 6.07) is 15.3. The van der Waals surface area contributed by atoms with Crippen molar-refractivity contribution in [1.29, 1.82) is 0 Å². The topological polar surface area (TPSA) is 95.9 Å². The number of nitrogens with zero attached hydrogens (tertiary/aromatic N) is 1. The summed E-state index contributed by atoms with van der Waals surface area (Å²) >= 11 is 0. The van der Waals surface area contributed by atoms with Crippen LogP contribution in [0.5, 0.6) is 0 Å². The highest BCUT2D eigenvalue weighted by Crippen LogP contribution is 2.44. The predicted molar refractivity (Wildman–Crippen MR) is 122 cm³/mol. The van der Waals surface area contributed by atoms with E-state index in [0.29, 0.717) is 0 Å². The second-order valence-corrected chi connectivity index (χ2v) is 8.22. The van der Waals surface area contributed by atoms with Crippen molar-refractivity contribution >= 4 is 18.0 Å². The average Bonchev–Trinajstić information content (AvgIpc) is 3.13. The molecule has 0 fully saturated rings. The van der Waals surface area contributed by atoms with Crippen LogP contribution in [0.1, 0.15) is 36.8 Å². The zero-order valence-corrected chi connectivity index (χ0v) is 19.2. The van der Waals surface area contributed by atoms with Crippen LogP contribution in [0, 0.1) is 5.92 Å². The number of fused-ring (bicyclic) bond motifs is 3. The smallest absolute Gasteiger partial charge is 0.407 e. The van der Waals surface area contributed by atoms with E-state index >= 15 is 0 Å². The molecule has 188 valence electrons. The Labute approximate surface area is 200 Å². The molecule has 0 radical (unpaired) electrons. The Morgan fingerprint density at radius 2 is 1.63 bits per heavy atom. The minimum Gasteiger partial charge on any atom is -0.481 e. The number of nitrogens with one attached hydrogen (secondary N) is 1. The number of halogens is 3. The average molecular weight is 492 g/mol. The molecule has 0 saturated heterocycles. The Hall–Kier alpha value is -3.56. The van der Waals surface area contributed by atoms with E-state index in [1.54, 1.807) is 0 Å². The van der Waals surface area contributed by atoms with Crippen LogP contribution in [0.25, 0.3) is 11.1 Å². The van der Waals surface area contributed by atoms with Crippen molar-refractivity contribution in [3.8, 4) is 11.1 Å². The molecule has 2 amide bonds. The van der Waals surface area contributed by atoms with Gasteiger partial charge >= 0.3 is 18.2 Å². The summed E-state index contributed by atoms with van der Waals surface area (Å²) in [5.41, 5.74) is 3.96. The number of ether oxygens (including phenoxy) is 1. The van der Waals surface area contributed by atoms with Gasteiger partial charge < -0.3 is 20.1 Å². The quantitative estimate of drug-likeness (QED) is 0.512. The lowest BCUT2D eigenvalue weighted by Crippen LogP contribution is -2.48. The molecule has 10 heteroatoms. The summed E-state index contributed by atoms with van der Waals surface area (Å²) in [4.78, 5) is 36.4. The van der Waals surface area contributed by atoms with Gasteiger partial charge in [0.25, 0.3) is 0 Å². The third kappa shape index (κ3) is 6.32. The first-order valence-corrected chi connectivity index (χ1v) is 11.3. The van der Waals surface area contributed by atoms with E-state index in [4.69, 9.17) is 9.84 Å². The minimum atomic E-state index is -4.89. The fraction of sp³-hybridized carbons (Fsp3) is 0.400. The molecule has 1 aliphatic rings. The van der Waals surface area contributed by atoms with Gasteiger partial charge in [-0.05, 0) is 35.6 Å². The van der Waals surface area contributed by atoms with Gasteiger partial charge in [0.1, 0.15) is 6.61 Å². The summed E-state index contributed by atoms with van der Waals surface area (Å²) in [5.74, 6) is -5.03. The molecule has 2 N–H and O–H groups in total. The van der Waals surface area contributed by atoms with Gasteiger partial charge in [-0.25, -0.2) is 4.79 Å². The number of hydrogen-bond donors (Lipinski definition) is 2. The van der Waals surface area contributed by atoms with Crippen molar-refractivity contribution in [2.75, 3.05) is 26.2 Å². The molecular weight excluding hydrogens is 465 g/mol. The summed E-state index contributed by atoms with van der Waals surface area (Å²) in [5, 5.41) is 10.8. The van der Waals surface area contributed by atoms with E-state index in [2.05, 4.69) is 5.32 Å². The normalized spacial score (nSPS) is 13.5. The minimum absolute atomic E-state index is 0.0179. The van der Waals surface area contributed by atoms with Gasteiger partial charge in [-0.1, -0.05) is 48.5 Å². The molecule has 0 heterocycles. The molecule has 0 saturated carbocycles. The monoisotopic (exact) mass is 492 g/mol. The second kappa shape index (κ2) is 11.2. The molecule has 1 unspecified atom stereocenters. The van der Waals surface area contributed by atoms with E-state index in [9.17, 15) is 27.6 Å². The zero-order valence-electron chi connectivity index (χ0n) is 19.2. The van der Waals surface area contributed by atoms with Crippen LogP contribution < -0.4 is 5.32 Å². The summed E-state index contributed by atoms with van der Waals surface area (Å²) in [7, 11) is 0. The van der Waals surface area contributed by atoms with Crippen LogP contribution in [-0.4, -0.2) is 60.4 Å². The Bertz CT molecular complexity index is 1030. The maximum atomic E-state index is 13.6. The van der Waals surface area contributed by atoms with E-state index in [1.165, 1.54) is 6.92 Å². The van der Waals surface area contributed by atoms with Gasteiger partial charge in [-0.15, -0.1) is 0 Å². The molecule has 1 aliphatic carbocycles. The molecule has 1 atom stereocenters. The fourth-order valence-electron chi connectivity index (χ4n) is 4.24. The number of alkyl carbamates (subject to hydrolysis) is 1. The molecular formula is C25H27F3N2O5. The van der Waals surface area contributed by atoms with E-state index in [0.717, 1.165) is 27.2 Å². The molecule has 2 aromatic carbocycles. The largest absolute Gasteiger partial charge is 0.481 e. The Morgan fingerprint density at radius 3 is 2.14 bits per heavy atom. The Kier molecular flexibility index (Phi) is 8.37. The number of aliphatic carboxylic acids is 1. The first-order chi connectivity index (χ1) is 16.6. The molecule has 0 aliphatic heterocycles. The SMILES string of the molecule is CCN(CCCC(=O)O)C(=O)C(CNC(=O)OCC1c2ccccc2-c2ccccc21)C(F)(F)F. The van der Waals surface area contributed by atoms with Crippen molar-refractivity contribution in [3.05, 3.63) is 59.7 Å². The molecule has 0 aromatic heterocycles. The standard InChI is InChI=1S/C25H27F3N2O5/c1-2-30(13-7-12-22(31)32)23(33)21(25(26,27)28)14-29-24(34)35-15-20-18-10-5-3-8-16(18)17-9-4-6-11-19(17)20/h3-6,8-11,20-21H,2,7,12-15H2,1H3,(H,29,34)(H,31,32). The fourth-order valence-corrected chi connectivity index (χ4v) is 4.24. The molecule has 0 bridgehead atoms. The van der Waals surface area contributed by atoms with Crippen LogP contribution in [0.3, 0.4) is 0 Å². The number of carbonyl (C=O) groups is 3. The molecule has 2 aromatic rings. The highest BCUT2D eigenvalue weighted by molar-refractivity contribution is 5.81. The van der Waals surface area contributed by atoms with Gasteiger partial charge in [0.05, 0.1) is 0 Å². The lowest BCUT2D eigenvalue weighted by Gasteiger charge is -2.27. The Balaban J connectivity index is 1.61. The third-order valence-electron chi connectivity index (χ3n) is 6.00. The first-order valence-electron chi connectivity index (χ1n) is 11.3. The molecule has 35 heavy (non-hydrogen) atoms. The van der Waals surface area contributed by atoms with Crippen molar-refractivity contribution in [2.45, 2.75) is 31.9 Å². The summed E-state index contributed by atoms with van der Waals surface area (Å²) < 4.78 is 46.0. The van der Waals surface area contributed by atoms with E-state index in [-0.39, 0.29) is 38.5 Å². The van der Waals surface area contributed by atoms with Crippen molar-refractivity contribution in [2.24, 2.45) is 5.92 Å². The third-order valence-corrected chi connectivity index (χ3v) is 6.00. The van der Waals surface area contributed by atoms with Gasteiger partial charge in [-0.3, -0.25) is 9.59 Å². The van der Waals surface area contributed by atoms with Crippen molar-refractivity contribution < 1.29 is 37.4 Å². The van der Waals surface area contributed by atoms with E-state index < -0.39 is 36.6 Å². The number of carboxylic acids is 1. The number of alkyl halides is 3. The molecule has 0 spiro atoms. The van der Waals surface area contributed by atoms with Crippen molar-refractivity contribution in [3.63, 3.8) is 0 Å². The number of amides is 2. The van der Waals surface area contributed by atoms with Crippen LogP contribution in [0.4, 0.5) is 18.0 Å². The number of benzene rings is 2. The summed E-state index contributed by atoms with van der Waals surface area (Å²) in [6.45, 7) is 0.315. The lowest BCUT2D eigenvalue weighted by atomic mass is 9.98. The zero-order chi connectivity index (χ0) is 25.6. The number of carboxylic acid groups (broad SMARTS) is 1. The highest BCUT2D eigenvalue weighted by Gasteiger charge is 2.46. The van der Waals surface area contributed by atoms with Crippen LogP contribution in [0.2, 0.25) is 0 Å². The number of carbonyl (C=O) groups excluding carboxylic acids is 2. The number of rotatable bonds is 10. The van der Waals surface area contributed by atoms with Crippen molar-refractivity contribution in [1.82, 2.24) is 10.2 Å². The predicted octanol–water partition coefficient (Wildman–Crippen LogP) is 4.42. The van der Waals surface area contributed by atoms with Crippen LogP contribution in [-0.2, 0) is 14.3 Å². The molecule has 7 nitrogen and oxygen atoms in total. The summed E-state index contributed by atoms with van der Waals surface area (Å²) in [6.07, 6.45) is -6.19. The second-order valence-electron chi connectivity index (χ2n) is 8.22. The lowest BCUT2D eigenvalue weighted by molar-refractivity contribution is -0.187. The first kappa shape index (κ1) is 26.1. The molecule has 3 rings (SSSR count). The van der Waals surface area contributed by atoms with Gasteiger partial charge in [0, 0.05) is 32.0 Å². The van der Waals surface area contributed by atoms with Crippen LogP contribution in [0.15, 0.2) is 48.5 Å². The van der Waals surface area contributed by atoms with Gasteiger partial charge in [0.2, 0.25) is 5.91 Å². The van der Waals surface area contributed by atoms with Gasteiger partial charge in [0.15, 0.2) is 5.92 Å². The van der Waals surface area contributed by atoms with Crippen LogP contribution >= 0.6 is 0 Å². The van der Waals surface area contributed by atoms with Gasteiger partial charge in [-0.2, -0.15) is 13.2 Å². The Morgan fingerprint density at radius 1 is 1.06 bits per heavy atom. The number of hydrogen-bond acceptors (Lipinski definition) is 4. The maximum absolute atomic E-state index is 13.6.